The third kappa shape index (κ3) is 2.92. The van der Waals surface area contributed by atoms with Gasteiger partial charge < -0.3 is 9.88 Å². The van der Waals surface area contributed by atoms with Crippen molar-refractivity contribution < 1.29 is 0 Å². The van der Waals surface area contributed by atoms with Crippen molar-refractivity contribution in [3.63, 3.8) is 0 Å². The summed E-state index contributed by atoms with van der Waals surface area (Å²) < 4.78 is 1.46. The van der Waals surface area contributed by atoms with E-state index in [0.29, 0.717) is 16.7 Å². The lowest BCUT2D eigenvalue weighted by molar-refractivity contribution is 0.839. The zero-order valence-electron chi connectivity index (χ0n) is 13.7. The van der Waals surface area contributed by atoms with Crippen LogP contribution in [0.25, 0.3) is 22.2 Å². The molecule has 0 aliphatic carbocycles. The van der Waals surface area contributed by atoms with Crippen LogP contribution in [0.3, 0.4) is 0 Å². The highest BCUT2D eigenvalue weighted by Crippen LogP contribution is 2.25. The Morgan fingerprint density at radius 3 is 2.70 bits per heavy atom. The van der Waals surface area contributed by atoms with E-state index < -0.39 is 0 Å². The average Bonchev–Trinajstić information content (AvgIpc) is 2.50. The number of anilines is 1. The summed E-state index contributed by atoms with van der Waals surface area (Å²) in [6.07, 6.45) is 5.09. The molecular weight excluding hydrogens is 290 g/mol. The summed E-state index contributed by atoms with van der Waals surface area (Å²) in [5.41, 5.74) is 3.22. The zero-order chi connectivity index (χ0) is 16.6. The molecule has 23 heavy (non-hydrogen) atoms. The summed E-state index contributed by atoms with van der Waals surface area (Å²) in [4.78, 5) is 25.7. The summed E-state index contributed by atoms with van der Waals surface area (Å²) in [6.45, 7) is 6.00. The molecule has 3 aromatic rings. The van der Waals surface area contributed by atoms with Crippen molar-refractivity contribution >= 4 is 16.7 Å². The molecule has 0 fully saturated rings. The smallest absolute Gasteiger partial charge is 0.264 e. The molecule has 3 aromatic heterocycles. The van der Waals surface area contributed by atoms with Crippen LogP contribution in [0, 0.1) is 6.92 Å². The number of rotatable bonds is 3. The van der Waals surface area contributed by atoms with Crippen LogP contribution in [0.1, 0.15) is 19.4 Å². The molecule has 0 atom stereocenters. The van der Waals surface area contributed by atoms with Crippen molar-refractivity contribution in [2.75, 3.05) is 5.32 Å². The first-order valence-electron chi connectivity index (χ1n) is 7.50. The highest BCUT2D eigenvalue weighted by molar-refractivity contribution is 5.91. The van der Waals surface area contributed by atoms with E-state index >= 15 is 0 Å². The Hall–Kier alpha value is -2.76. The largest absolute Gasteiger partial charge is 0.367 e. The quantitative estimate of drug-likeness (QED) is 0.805. The van der Waals surface area contributed by atoms with E-state index in [-0.39, 0.29) is 11.6 Å². The number of hydrogen-bond donors (Lipinski definition) is 1. The maximum Gasteiger partial charge on any atom is 0.264 e. The van der Waals surface area contributed by atoms with E-state index in [9.17, 15) is 4.79 Å². The molecule has 3 heterocycles. The fourth-order valence-corrected chi connectivity index (χ4v) is 2.44. The number of aromatic nitrogens is 4. The van der Waals surface area contributed by atoms with Gasteiger partial charge in [-0.15, -0.1) is 0 Å². The number of hydrogen-bond acceptors (Lipinski definition) is 5. The van der Waals surface area contributed by atoms with Gasteiger partial charge in [-0.2, -0.15) is 0 Å². The number of aryl methyl sites for hydroxylation is 2. The predicted molar refractivity (Wildman–Crippen MR) is 91.5 cm³/mol. The molecule has 6 heteroatoms. The number of nitrogens with zero attached hydrogens (tertiary/aromatic N) is 4. The topological polar surface area (TPSA) is 72.7 Å². The van der Waals surface area contributed by atoms with Crippen LogP contribution < -0.4 is 10.9 Å². The Bertz CT molecular complexity index is 930. The lowest BCUT2D eigenvalue weighted by Crippen LogP contribution is -2.21. The van der Waals surface area contributed by atoms with Crippen LogP contribution >= 0.6 is 0 Å². The predicted octanol–water partition coefficient (Wildman–Crippen LogP) is 2.52. The maximum absolute atomic E-state index is 12.5. The van der Waals surface area contributed by atoms with Crippen LogP contribution in [0.2, 0.25) is 0 Å². The fourth-order valence-electron chi connectivity index (χ4n) is 2.44. The van der Waals surface area contributed by atoms with Crippen molar-refractivity contribution in [1.82, 2.24) is 19.5 Å². The number of fused-ring (bicyclic) bond motifs is 1. The molecule has 1 N–H and O–H groups in total. The zero-order valence-corrected chi connectivity index (χ0v) is 13.7. The lowest BCUT2D eigenvalue weighted by atomic mass is 10.1. The molecule has 6 nitrogen and oxygen atoms in total. The minimum absolute atomic E-state index is 0.112. The second-order valence-corrected chi connectivity index (χ2v) is 5.96. The molecule has 0 aliphatic heterocycles. The summed E-state index contributed by atoms with van der Waals surface area (Å²) in [5.74, 6) is 0.558. The SMILES string of the molecule is Cc1cncc(-c2cc3ncn(C)c(=O)c3c(NC(C)C)n2)c1. The van der Waals surface area contributed by atoms with Gasteiger partial charge in [0.15, 0.2) is 0 Å². The van der Waals surface area contributed by atoms with Gasteiger partial charge in [-0.25, -0.2) is 9.97 Å². The molecule has 0 unspecified atom stereocenters. The van der Waals surface area contributed by atoms with E-state index in [1.807, 2.05) is 32.9 Å². The molecule has 118 valence electrons. The normalized spacial score (nSPS) is 11.2. The number of pyridine rings is 2. The van der Waals surface area contributed by atoms with Crippen molar-refractivity contribution in [2.45, 2.75) is 26.8 Å². The molecule has 0 amide bonds. The minimum atomic E-state index is -0.112. The average molecular weight is 309 g/mol. The first-order chi connectivity index (χ1) is 11.0. The van der Waals surface area contributed by atoms with E-state index in [4.69, 9.17) is 0 Å². The fraction of sp³-hybridized carbons (Fsp3) is 0.294. The second kappa shape index (κ2) is 5.79. The van der Waals surface area contributed by atoms with Gasteiger partial charge in [0, 0.05) is 31.0 Å². The van der Waals surface area contributed by atoms with Gasteiger partial charge in [0.25, 0.3) is 5.56 Å². The van der Waals surface area contributed by atoms with Gasteiger partial charge in [-0.3, -0.25) is 9.78 Å². The van der Waals surface area contributed by atoms with Crippen LogP contribution in [-0.4, -0.2) is 25.6 Å². The monoisotopic (exact) mass is 309 g/mol. The molecule has 0 saturated heterocycles. The van der Waals surface area contributed by atoms with E-state index in [1.165, 1.54) is 10.9 Å². The van der Waals surface area contributed by atoms with Crippen LogP contribution in [0.15, 0.2) is 35.6 Å². The van der Waals surface area contributed by atoms with Crippen LogP contribution in [0.4, 0.5) is 5.82 Å². The summed E-state index contributed by atoms with van der Waals surface area (Å²) >= 11 is 0. The van der Waals surface area contributed by atoms with E-state index in [0.717, 1.165) is 16.8 Å². The second-order valence-electron chi connectivity index (χ2n) is 5.96. The molecular formula is C17H19N5O. The lowest BCUT2D eigenvalue weighted by Gasteiger charge is -2.14. The van der Waals surface area contributed by atoms with Crippen molar-refractivity contribution in [3.8, 4) is 11.3 Å². The molecule has 3 rings (SSSR count). The Kier molecular flexibility index (Phi) is 3.82. The molecule has 0 saturated carbocycles. The van der Waals surface area contributed by atoms with Gasteiger partial charge in [-0.05, 0) is 38.5 Å². The number of nitrogens with one attached hydrogen (secondary N) is 1. The summed E-state index contributed by atoms with van der Waals surface area (Å²) in [7, 11) is 1.69. The summed E-state index contributed by atoms with van der Waals surface area (Å²) in [6, 6.07) is 4.00. The third-order valence-electron chi connectivity index (χ3n) is 3.50. The molecule has 0 aliphatic rings. The Labute approximate surface area is 134 Å². The van der Waals surface area contributed by atoms with Gasteiger partial charge in [0.1, 0.15) is 11.2 Å². The molecule has 0 radical (unpaired) electrons. The van der Waals surface area contributed by atoms with E-state index in [2.05, 4.69) is 20.3 Å². The Morgan fingerprint density at radius 2 is 2.00 bits per heavy atom. The van der Waals surface area contributed by atoms with Crippen molar-refractivity contribution in [3.05, 3.63) is 46.8 Å². The van der Waals surface area contributed by atoms with Gasteiger partial charge in [0.05, 0.1) is 17.5 Å². The van der Waals surface area contributed by atoms with Crippen LogP contribution in [-0.2, 0) is 7.05 Å². The van der Waals surface area contributed by atoms with Gasteiger partial charge >= 0.3 is 0 Å². The first kappa shape index (κ1) is 15.1. The molecule has 0 spiro atoms. The summed E-state index contributed by atoms with van der Waals surface area (Å²) in [5, 5.41) is 3.76. The van der Waals surface area contributed by atoms with Crippen molar-refractivity contribution in [2.24, 2.45) is 7.05 Å². The van der Waals surface area contributed by atoms with Gasteiger partial charge in [-0.1, -0.05) is 0 Å². The Morgan fingerprint density at radius 1 is 1.22 bits per heavy atom. The standard InChI is InChI=1S/C17H19N5O/c1-10(2)20-16-15-14(19-9-22(4)17(15)23)6-13(21-16)12-5-11(3)7-18-8-12/h5-10H,1-4H3,(H,20,21). The van der Waals surface area contributed by atoms with Crippen LogP contribution in [0.5, 0.6) is 0 Å². The Balaban J connectivity index is 2.30. The van der Waals surface area contributed by atoms with Gasteiger partial charge in [0.2, 0.25) is 0 Å². The minimum Gasteiger partial charge on any atom is -0.367 e. The highest BCUT2D eigenvalue weighted by atomic mass is 16.1. The third-order valence-corrected chi connectivity index (χ3v) is 3.50. The highest BCUT2D eigenvalue weighted by Gasteiger charge is 2.14. The molecule has 0 bridgehead atoms. The van der Waals surface area contributed by atoms with Crippen molar-refractivity contribution in [1.29, 1.82) is 0 Å². The molecule has 0 aromatic carbocycles. The van der Waals surface area contributed by atoms with E-state index in [1.54, 1.807) is 19.4 Å². The first-order valence-corrected chi connectivity index (χ1v) is 7.50. The maximum atomic E-state index is 12.5.